The summed E-state index contributed by atoms with van der Waals surface area (Å²) in [4.78, 5) is 14.4. The molecule has 3 N–H and O–H groups in total. The maximum atomic E-state index is 14.2. The molecule has 0 aliphatic carbocycles. The lowest BCUT2D eigenvalue weighted by atomic mass is 10.0. The highest BCUT2D eigenvalue weighted by atomic mass is 19.1. The number of nitrogens with zero attached hydrogens (tertiary/aromatic N) is 4. The van der Waals surface area contributed by atoms with Gasteiger partial charge >= 0.3 is 0 Å². The summed E-state index contributed by atoms with van der Waals surface area (Å²) in [7, 11) is 0. The monoisotopic (exact) mass is 398 g/mol. The van der Waals surface area contributed by atoms with Crippen molar-refractivity contribution < 1.29 is 4.39 Å². The number of rotatable bonds is 3. The van der Waals surface area contributed by atoms with E-state index >= 15 is 0 Å². The number of imidazole rings is 1. The van der Waals surface area contributed by atoms with Crippen LogP contribution in [0.5, 0.6) is 0 Å². The predicted octanol–water partition coefficient (Wildman–Crippen LogP) is 3.84. The Morgan fingerprint density at radius 1 is 1.13 bits per heavy atom. The summed E-state index contributed by atoms with van der Waals surface area (Å²) >= 11 is 0. The highest BCUT2D eigenvalue weighted by molar-refractivity contribution is 5.91. The van der Waals surface area contributed by atoms with Crippen molar-refractivity contribution in [2.45, 2.75) is 12.5 Å². The molecule has 6 nitrogen and oxygen atoms in total. The van der Waals surface area contributed by atoms with Gasteiger partial charge in [0.05, 0.1) is 28.4 Å². The first-order valence-electron chi connectivity index (χ1n) is 9.77. The number of nitrogens with two attached hydrogens (primary N) is 1. The summed E-state index contributed by atoms with van der Waals surface area (Å²) in [5.41, 5.74) is 11.4. The lowest BCUT2D eigenvalue weighted by Gasteiger charge is -2.24. The van der Waals surface area contributed by atoms with E-state index in [2.05, 4.69) is 25.9 Å². The third kappa shape index (κ3) is 3.08. The molecule has 0 unspecified atom stereocenters. The lowest BCUT2D eigenvalue weighted by molar-refractivity contribution is 0.637. The van der Waals surface area contributed by atoms with Crippen molar-refractivity contribution in [2.24, 2.45) is 5.73 Å². The fourth-order valence-corrected chi connectivity index (χ4v) is 4.02. The number of fused-ring (bicyclic) bond motifs is 1. The zero-order valence-corrected chi connectivity index (χ0v) is 16.1. The summed E-state index contributed by atoms with van der Waals surface area (Å²) in [5.74, 6) is 0.199. The van der Waals surface area contributed by atoms with Gasteiger partial charge in [-0.05, 0) is 36.2 Å². The molecule has 0 spiro atoms. The molecule has 0 saturated carbocycles. The van der Waals surface area contributed by atoms with Crippen molar-refractivity contribution in [3.05, 3.63) is 66.2 Å². The fourth-order valence-electron chi connectivity index (χ4n) is 4.02. The van der Waals surface area contributed by atoms with Crippen molar-refractivity contribution in [3.63, 3.8) is 0 Å². The molecule has 0 amide bonds. The molecule has 7 heteroatoms. The number of hydrogen-bond acceptors (Lipinski definition) is 5. The average Bonchev–Trinajstić information content (AvgIpc) is 3.40. The molecule has 2 aromatic heterocycles. The number of aromatic nitrogens is 3. The topological polar surface area (TPSA) is 94.6 Å². The number of aromatic amines is 1. The number of halogens is 1. The first-order chi connectivity index (χ1) is 14.6. The van der Waals surface area contributed by atoms with E-state index in [1.807, 2.05) is 18.3 Å². The fraction of sp³-hybridized carbons (Fsp3) is 0.174. The first kappa shape index (κ1) is 18.3. The van der Waals surface area contributed by atoms with Crippen LogP contribution in [-0.2, 0) is 0 Å². The van der Waals surface area contributed by atoms with E-state index in [4.69, 9.17) is 11.0 Å². The van der Waals surface area contributed by atoms with Gasteiger partial charge in [-0.1, -0.05) is 18.2 Å². The third-order valence-corrected chi connectivity index (χ3v) is 5.50. The highest BCUT2D eigenvalue weighted by Crippen LogP contribution is 2.40. The molecular formula is C23H19FN6. The number of nitriles is 1. The summed E-state index contributed by atoms with van der Waals surface area (Å²) < 4.78 is 14.2. The Bertz CT molecular complexity index is 1270. The van der Waals surface area contributed by atoms with Crippen LogP contribution >= 0.6 is 0 Å². The van der Waals surface area contributed by atoms with Crippen molar-refractivity contribution in [1.29, 1.82) is 5.26 Å². The maximum Gasteiger partial charge on any atom is 0.151 e. The standard InChI is InChI=1S/C23H19FN6/c24-19-2-1-3-20-21(19)29-23(28-20)18-12-27-11-17(15-6-4-14(10-25)5-7-15)22(18)30-9-8-16(26)13-30/h1-7,11-12,16H,8-9,13,26H2,(H,28,29)/t16-/m0/s1. The number of nitrogens with one attached hydrogen (secondary N) is 1. The molecule has 2 aromatic carbocycles. The van der Waals surface area contributed by atoms with Gasteiger partial charge in [-0.2, -0.15) is 5.26 Å². The van der Waals surface area contributed by atoms with E-state index in [9.17, 15) is 4.39 Å². The van der Waals surface area contributed by atoms with Crippen molar-refractivity contribution in [2.75, 3.05) is 18.0 Å². The average molecular weight is 398 g/mol. The summed E-state index contributed by atoms with van der Waals surface area (Å²) in [6.45, 7) is 1.53. The van der Waals surface area contributed by atoms with E-state index in [1.54, 1.807) is 30.5 Å². The SMILES string of the molecule is N#Cc1ccc(-c2cncc(-c3nc4c(F)cccc4[nH]3)c2N2CC[C@H](N)C2)cc1. The van der Waals surface area contributed by atoms with Gasteiger partial charge in [0.1, 0.15) is 11.3 Å². The van der Waals surface area contributed by atoms with Gasteiger partial charge in [0.15, 0.2) is 5.82 Å². The minimum Gasteiger partial charge on any atom is -0.369 e. The molecule has 3 heterocycles. The van der Waals surface area contributed by atoms with Gasteiger partial charge in [0.2, 0.25) is 0 Å². The van der Waals surface area contributed by atoms with E-state index < -0.39 is 0 Å². The van der Waals surface area contributed by atoms with E-state index in [0.29, 0.717) is 22.4 Å². The largest absolute Gasteiger partial charge is 0.369 e. The second-order valence-electron chi connectivity index (χ2n) is 7.49. The summed E-state index contributed by atoms with van der Waals surface area (Å²) in [5, 5.41) is 9.11. The molecule has 30 heavy (non-hydrogen) atoms. The number of anilines is 1. The Morgan fingerprint density at radius 3 is 2.63 bits per heavy atom. The minimum atomic E-state index is -0.365. The van der Waals surface area contributed by atoms with E-state index in [0.717, 1.165) is 41.9 Å². The number of para-hydroxylation sites is 1. The molecular weight excluding hydrogens is 379 g/mol. The minimum absolute atomic E-state index is 0.0907. The Balaban J connectivity index is 1.72. The summed E-state index contributed by atoms with van der Waals surface area (Å²) in [6.07, 6.45) is 4.46. The van der Waals surface area contributed by atoms with Gasteiger partial charge in [-0.15, -0.1) is 0 Å². The van der Waals surface area contributed by atoms with Gasteiger partial charge in [-0.25, -0.2) is 9.37 Å². The second kappa shape index (κ2) is 7.25. The van der Waals surface area contributed by atoms with E-state index in [-0.39, 0.29) is 11.9 Å². The van der Waals surface area contributed by atoms with Crippen LogP contribution in [0.4, 0.5) is 10.1 Å². The molecule has 1 fully saturated rings. The Morgan fingerprint density at radius 2 is 1.93 bits per heavy atom. The normalized spacial score (nSPS) is 16.2. The Hall–Kier alpha value is -3.76. The van der Waals surface area contributed by atoms with Crippen molar-refractivity contribution in [1.82, 2.24) is 15.0 Å². The van der Waals surface area contributed by atoms with Crippen LogP contribution in [0, 0.1) is 17.1 Å². The van der Waals surface area contributed by atoms with Crippen LogP contribution in [0.2, 0.25) is 0 Å². The molecule has 148 valence electrons. The second-order valence-corrected chi connectivity index (χ2v) is 7.49. The zero-order chi connectivity index (χ0) is 20.7. The van der Waals surface area contributed by atoms with Gasteiger partial charge in [0.25, 0.3) is 0 Å². The number of hydrogen-bond donors (Lipinski definition) is 2. The molecule has 1 aliphatic rings. The number of pyridine rings is 1. The number of benzene rings is 2. The van der Waals surface area contributed by atoms with Crippen LogP contribution in [0.25, 0.3) is 33.5 Å². The number of H-pyrrole nitrogens is 1. The molecule has 1 atom stereocenters. The summed E-state index contributed by atoms with van der Waals surface area (Å²) in [6, 6.07) is 14.5. The van der Waals surface area contributed by atoms with Gasteiger partial charge < -0.3 is 15.6 Å². The van der Waals surface area contributed by atoms with Crippen molar-refractivity contribution in [3.8, 4) is 28.6 Å². The molecule has 5 rings (SSSR count). The Labute approximate surface area is 172 Å². The van der Waals surface area contributed by atoms with Crippen LogP contribution in [0.3, 0.4) is 0 Å². The smallest absolute Gasteiger partial charge is 0.151 e. The van der Waals surface area contributed by atoms with Crippen LogP contribution in [0.15, 0.2) is 54.9 Å². The van der Waals surface area contributed by atoms with Gasteiger partial charge in [0, 0.05) is 37.1 Å². The third-order valence-electron chi connectivity index (χ3n) is 5.50. The first-order valence-corrected chi connectivity index (χ1v) is 9.77. The molecule has 1 saturated heterocycles. The maximum absolute atomic E-state index is 14.2. The predicted molar refractivity (Wildman–Crippen MR) is 114 cm³/mol. The van der Waals surface area contributed by atoms with E-state index in [1.165, 1.54) is 6.07 Å². The molecule has 0 bridgehead atoms. The molecule has 0 radical (unpaired) electrons. The Kier molecular flexibility index (Phi) is 4.42. The molecule has 1 aliphatic heterocycles. The lowest BCUT2D eigenvalue weighted by Crippen LogP contribution is -2.27. The zero-order valence-electron chi connectivity index (χ0n) is 16.1. The van der Waals surface area contributed by atoms with Crippen LogP contribution in [-0.4, -0.2) is 34.1 Å². The van der Waals surface area contributed by atoms with Crippen LogP contribution in [0.1, 0.15) is 12.0 Å². The van der Waals surface area contributed by atoms with Crippen LogP contribution < -0.4 is 10.6 Å². The van der Waals surface area contributed by atoms with Crippen molar-refractivity contribution >= 4 is 16.7 Å². The highest BCUT2D eigenvalue weighted by Gasteiger charge is 2.26. The molecule has 4 aromatic rings. The van der Waals surface area contributed by atoms with Gasteiger partial charge in [-0.3, -0.25) is 4.98 Å². The quantitative estimate of drug-likeness (QED) is 0.547.